The lowest BCUT2D eigenvalue weighted by Gasteiger charge is -2.29. The Morgan fingerprint density at radius 2 is 1.75 bits per heavy atom. The average Bonchev–Trinajstić information content (AvgIpc) is 3.48. The Morgan fingerprint density at radius 1 is 0.979 bits per heavy atom. The van der Waals surface area contributed by atoms with E-state index in [9.17, 15) is 18.0 Å². The number of hydrogen-bond donors (Lipinski definition) is 1. The smallest absolute Gasteiger partial charge is 0.322 e. The quantitative estimate of drug-likeness (QED) is 0.224. The summed E-state index contributed by atoms with van der Waals surface area (Å²) >= 11 is 0. The van der Waals surface area contributed by atoms with Crippen LogP contribution in [0, 0.1) is 0 Å². The second-order valence-electron chi connectivity index (χ2n) is 12.3. The van der Waals surface area contributed by atoms with E-state index in [2.05, 4.69) is 24.1 Å². The molecule has 1 unspecified atom stereocenters. The molecular weight excluding hydrogens is 632 g/mol. The number of hydrogen-bond acceptors (Lipinski definition) is 8. The maximum atomic E-state index is 13.4. The largest absolute Gasteiger partial charge is 0.497 e. The van der Waals surface area contributed by atoms with Crippen LogP contribution in [0.25, 0.3) is 0 Å². The lowest BCUT2D eigenvalue weighted by atomic mass is 10.1. The third-order valence-corrected chi connectivity index (χ3v) is 10.6. The Kier molecular flexibility index (Phi) is 11.8. The first kappa shape index (κ1) is 35.0. The van der Waals surface area contributed by atoms with E-state index in [-0.39, 0.29) is 41.1 Å². The predicted molar refractivity (Wildman–Crippen MR) is 184 cm³/mol. The minimum absolute atomic E-state index is 0.0354. The minimum atomic E-state index is -3.72. The summed E-state index contributed by atoms with van der Waals surface area (Å²) in [4.78, 5) is 32.2. The molecule has 0 aromatic heterocycles. The fraction of sp³-hybridized carbons (Fsp3) is 0.444. The van der Waals surface area contributed by atoms with Crippen molar-refractivity contribution in [3.05, 3.63) is 72.3 Å². The minimum Gasteiger partial charge on any atom is -0.497 e. The van der Waals surface area contributed by atoms with Crippen LogP contribution in [-0.4, -0.2) is 94.3 Å². The van der Waals surface area contributed by atoms with Crippen LogP contribution >= 0.6 is 0 Å². The number of carbonyl (C=O) groups is 2. The van der Waals surface area contributed by atoms with E-state index in [0.717, 1.165) is 44.3 Å². The monoisotopic (exact) mass is 678 g/mol. The van der Waals surface area contributed by atoms with E-state index in [1.807, 2.05) is 11.0 Å². The molecule has 1 saturated heterocycles. The van der Waals surface area contributed by atoms with Crippen LogP contribution in [0.1, 0.15) is 45.1 Å². The lowest BCUT2D eigenvalue weighted by molar-refractivity contribution is -0.130. The van der Waals surface area contributed by atoms with Gasteiger partial charge in [-0.1, -0.05) is 19.1 Å². The fourth-order valence-corrected chi connectivity index (χ4v) is 7.50. The Morgan fingerprint density at radius 3 is 2.52 bits per heavy atom. The number of nitrogens with one attached hydrogen (secondary N) is 1. The summed E-state index contributed by atoms with van der Waals surface area (Å²) < 4.78 is 42.8. The molecular formula is C36H46N4O7S. The van der Waals surface area contributed by atoms with E-state index >= 15 is 0 Å². The number of amides is 3. The van der Waals surface area contributed by atoms with Gasteiger partial charge in [0.05, 0.1) is 16.9 Å². The molecule has 3 amide bonds. The number of rotatable bonds is 14. The molecule has 12 heteroatoms. The summed E-state index contributed by atoms with van der Waals surface area (Å²) in [5, 5.41) is 2.87. The first-order valence-electron chi connectivity index (χ1n) is 16.6. The summed E-state index contributed by atoms with van der Waals surface area (Å²) in [7, 11) is -2.13. The highest BCUT2D eigenvalue weighted by Gasteiger charge is 2.26. The summed E-state index contributed by atoms with van der Waals surface area (Å²) in [6.45, 7) is 8.09. The highest BCUT2D eigenvalue weighted by molar-refractivity contribution is 7.91. The summed E-state index contributed by atoms with van der Waals surface area (Å²) in [5.41, 5.74) is 1.61. The molecule has 2 aliphatic heterocycles. The normalized spacial score (nSPS) is 15.4. The summed E-state index contributed by atoms with van der Waals surface area (Å²) in [6.07, 6.45) is 4.23. The lowest BCUT2D eigenvalue weighted by Crippen LogP contribution is -2.41. The van der Waals surface area contributed by atoms with Gasteiger partial charge in [0, 0.05) is 37.4 Å². The molecule has 258 valence electrons. The summed E-state index contributed by atoms with van der Waals surface area (Å²) in [6, 6.07) is 18.9. The molecule has 0 saturated carbocycles. The Bertz CT molecular complexity index is 1660. The van der Waals surface area contributed by atoms with Gasteiger partial charge in [-0.2, -0.15) is 0 Å². The number of anilines is 1. The first-order chi connectivity index (χ1) is 23.2. The third kappa shape index (κ3) is 8.78. The van der Waals surface area contributed by atoms with Crippen molar-refractivity contribution >= 4 is 27.5 Å². The van der Waals surface area contributed by atoms with Gasteiger partial charge < -0.3 is 34.2 Å². The Hall–Kier alpha value is -4.29. The van der Waals surface area contributed by atoms with Crippen LogP contribution in [0.2, 0.25) is 0 Å². The highest BCUT2D eigenvalue weighted by atomic mass is 32.2. The van der Waals surface area contributed by atoms with Crippen molar-refractivity contribution in [2.24, 2.45) is 0 Å². The maximum absolute atomic E-state index is 13.4. The van der Waals surface area contributed by atoms with Crippen molar-refractivity contribution in [1.82, 2.24) is 14.7 Å². The van der Waals surface area contributed by atoms with Gasteiger partial charge in [0.2, 0.25) is 22.5 Å². The van der Waals surface area contributed by atoms with Crippen LogP contribution in [0.5, 0.6) is 17.2 Å². The number of unbranched alkanes of at least 4 members (excludes halogenated alkanes) is 1. The molecule has 2 heterocycles. The van der Waals surface area contributed by atoms with Crippen molar-refractivity contribution in [2.45, 2.75) is 61.8 Å². The molecule has 3 aromatic rings. The molecule has 48 heavy (non-hydrogen) atoms. The second kappa shape index (κ2) is 16.2. The van der Waals surface area contributed by atoms with Crippen LogP contribution in [-0.2, 0) is 21.1 Å². The third-order valence-electron chi connectivity index (χ3n) is 8.82. The number of nitrogens with zero attached hydrogens (tertiary/aromatic N) is 3. The molecule has 1 atom stereocenters. The number of ether oxygens (including phenoxy) is 3. The predicted octanol–water partition coefficient (Wildman–Crippen LogP) is 5.45. The van der Waals surface area contributed by atoms with Gasteiger partial charge in [-0.15, -0.1) is 0 Å². The zero-order valence-corrected chi connectivity index (χ0v) is 28.8. The van der Waals surface area contributed by atoms with Gasteiger partial charge in [0.15, 0.2) is 11.5 Å². The maximum Gasteiger partial charge on any atom is 0.322 e. The molecule has 5 rings (SSSR count). The zero-order valence-electron chi connectivity index (χ0n) is 28.0. The Balaban J connectivity index is 1.10. The van der Waals surface area contributed by atoms with E-state index in [1.165, 1.54) is 6.07 Å². The molecule has 0 spiro atoms. The van der Waals surface area contributed by atoms with Crippen molar-refractivity contribution < 1.29 is 32.2 Å². The van der Waals surface area contributed by atoms with Gasteiger partial charge in [-0.25, -0.2) is 13.2 Å². The van der Waals surface area contributed by atoms with E-state index in [0.29, 0.717) is 49.0 Å². The topological polar surface area (TPSA) is 118 Å². The average molecular weight is 679 g/mol. The van der Waals surface area contributed by atoms with Crippen LogP contribution < -0.4 is 19.5 Å². The van der Waals surface area contributed by atoms with Crippen LogP contribution in [0.3, 0.4) is 0 Å². The molecule has 3 aromatic carbocycles. The van der Waals surface area contributed by atoms with Crippen molar-refractivity contribution in [3.63, 3.8) is 0 Å². The number of sulfone groups is 1. The summed E-state index contributed by atoms with van der Waals surface area (Å²) in [5.74, 6) is 1.65. The molecule has 0 radical (unpaired) electrons. The van der Waals surface area contributed by atoms with E-state index in [1.54, 1.807) is 66.6 Å². The van der Waals surface area contributed by atoms with Crippen molar-refractivity contribution in [1.29, 1.82) is 0 Å². The number of benzene rings is 3. The molecule has 0 bridgehead atoms. The number of fused-ring (bicyclic) bond motifs is 1. The van der Waals surface area contributed by atoms with Crippen molar-refractivity contribution in [3.8, 4) is 17.2 Å². The number of methoxy groups -OCH3 is 1. The second-order valence-corrected chi connectivity index (χ2v) is 14.2. The van der Waals surface area contributed by atoms with Gasteiger partial charge >= 0.3 is 6.03 Å². The van der Waals surface area contributed by atoms with Gasteiger partial charge in [-0.05, 0) is 106 Å². The highest BCUT2D eigenvalue weighted by Crippen LogP contribution is 2.35. The molecule has 1 fully saturated rings. The Labute approximate surface area is 283 Å². The number of carbonyl (C=O) groups excluding carboxylic acids is 2. The molecule has 1 N–H and O–H groups in total. The standard InChI is InChI=1S/C36H46N4O7S/c1-4-17-38(27(2)22-28-9-7-10-31(23-28)48(43,44)32-15-16-33-34(24-32)47-26-46-33)18-5-6-19-39-20-8-21-40(25-35(39)41)36(42)37-29-11-13-30(45-3)14-12-29/h7,9-16,23-24,27H,4-6,8,17-22,25-26H2,1-3H3,(H,37,42). The van der Waals surface area contributed by atoms with Crippen LogP contribution in [0.4, 0.5) is 10.5 Å². The van der Waals surface area contributed by atoms with E-state index < -0.39 is 9.84 Å². The molecule has 2 aliphatic rings. The van der Waals surface area contributed by atoms with Crippen LogP contribution in [0.15, 0.2) is 76.5 Å². The van der Waals surface area contributed by atoms with Gasteiger partial charge in [0.1, 0.15) is 12.3 Å². The van der Waals surface area contributed by atoms with E-state index in [4.69, 9.17) is 14.2 Å². The molecule has 0 aliphatic carbocycles. The zero-order chi connectivity index (χ0) is 34.1. The fourth-order valence-electron chi connectivity index (χ4n) is 6.15. The van der Waals surface area contributed by atoms with Gasteiger partial charge in [0.25, 0.3) is 0 Å². The first-order valence-corrected chi connectivity index (χ1v) is 18.1. The van der Waals surface area contributed by atoms with Gasteiger partial charge in [-0.3, -0.25) is 4.79 Å². The molecule has 11 nitrogen and oxygen atoms in total. The van der Waals surface area contributed by atoms with Crippen molar-refractivity contribution in [2.75, 3.05) is 58.5 Å². The number of urea groups is 1. The SMILES string of the molecule is CCCN(CCCCN1CCCN(C(=O)Nc2ccc(OC)cc2)CC1=O)C(C)Cc1cccc(S(=O)(=O)c2ccc3c(c2)OCO3)c1.